The normalized spacial score (nSPS) is 16.2. The zero-order valence-electron chi connectivity index (χ0n) is 14.2. The molecular weight excluding hydrogens is 304 g/mol. The van der Waals surface area contributed by atoms with Crippen LogP contribution in [0.2, 0.25) is 0 Å². The first-order valence-electron chi connectivity index (χ1n) is 8.19. The summed E-state index contributed by atoms with van der Waals surface area (Å²) in [5, 5.41) is 8.55. The number of ether oxygens (including phenoxy) is 2. The highest BCUT2D eigenvalue weighted by molar-refractivity contribution is 5.80. The van der Waals surface area contributed by atoms with Gasteiger partial charge in [0.25, 0.3) is 0 Å². The third-order valence-corrected chi connectivity index (χ3v) is 3.89. The van der Waals surface area contributed by atoms with Gasteiger partial charge in [0.05, 0.1) is 13.2 Å². The summed E-state index contributed by atoms with van der Waals surface area (Å²) in [6, 6.07) is 5.88. The average Bonchev–Trinajstić information content (AvgIpc) is 3.05. The zero-order valence-corrected chi connectivity index (χ0v) is 14.2. The third-order valence-electron chi connectivity index (χ3n) is 3.89. The first-order chi connectivity index (χ1) is 11.6. The van der Waals surface area contributed by atoms with Crippen LogP contribution in [0, 0.1) is 0 Å². The lowest BCUT2D eigenvalue weighted by Gasteiger charge is -2.16. The van der Waals surface area contributed by atoms with Crippen LogP contribution in [0.25, 0.3) is 6.08 Å². The number of carboxylic acids is 1. The minimum absolute atomic E-state index is 0.278. The van der Waals surface area contributed by atoms with E-state index in [-0.39, 0.29) is 6.10 Å². The van der Waals surface area contributed by atoms with E-state index in [0.29, 0.717) is 0 Å². The highest BCUT2D eigenvalue weighted by Crippen LogP contribution is 2.33. The Balaban J connectivity index is 2.11. The van der Waals surface area contributed by atoms with Crippen molar-refractivity contribution in [2.75, 3.05) is 7.11 Å². The molecule has 1 fully saturated rings. The van der Waals surface area contributed by atoms with Gasteiger partial charge in [-0.3, -0.25) is 0 Å². The van der Waals surface area contributed by atoms with Crippen molar-refractivity contribution in [1.82, 2.24) is 0 Å². The minimum Gasteiger partial charge on any atom is -0.493 e. The maximum absolute atomic E-state index is 10.4. The molecule has 2 rings (SSSR count). The fraction of sp³-hybridized carbons (Fsp3) is 0.350. The van der Waals surface area contributed by atoms with Crippen molar-refractivity contribution in [2.24, 2.45) is 0 Å². The molecule has 0 heterocycles. The van der Waals surface area contributed by atoms with E-state index in [9.17, 15) is 4.79 Å². The standard InChI is InChI=1S/C20H24O4/c1-15(7-3-6-10-20(21)22)13-16-11-12-18(23-2)19(14-16)24-17-8-4-5-9-17/h3,6-7,10-14,17H,4-5,8-9H2,1-2H3,(H,21,22)/b7-3+,10-6+,15-13?. The lowest BCUT2D eigenvalue weighted by atomic mass is 10.1. The van der Waals surface area contributed by atoms with E-state index in [2.05, 4.69) is 0 Å². The molecule has 0 bridgehead atoms. The molecule has 0 spiro atoms. The first-order valence-corrected chi connectivity index (χ1v) is 8.19. The number of carbonyl (C=O) groups is 1. The summed E-state index contributed by atoms with van der Waals surface area (Å²) in [4.78, 5) is 10.4. The number of methoxy groups -OCH3 is 1. The van der Waals surface area contributed by atoms with Crippen molar-refractivity contribution in [3.8, 4) is 11.5 Å². The number of aliphatic carboxylic acids is 1. The zero-order chi connectivity index (χ0) is 17.4. The maximum Gasteiger partial charge on any atom is 0.328 e. The molecule has 1 N–H and O–H groups in total. The van der Waals surface area contributed by atoms with E-state index in [1.165, 1.54) is 18.9 Å². The summed E-state index contributed by atoms with van der Waals surface area (Å²) >= 11 is 0. The Morgan fingerprint density at radius 3 is 2.54 bits per heavy atom. The SMILES string of the molecule is COc1ccc(C=C(C)/C=C/C=C/C(=O)O)cc1OC1CCCC1. The van der Waals surface area contributed by atoms with Gasteiger partial charge < -0.3 is 14.6 Å². The molecular formula is C20H24O4. The second-order valence-corrected chi connectivity index (χ2v) is 5.88. The van der Waals surface area contributed by atoms with Crippen molar-refractivity contribution >= 4 is 12.0 Å². The Labute approximate surface area is 143 Å². The van der Waals surface area contributed by atoms with E-state index in [1.807, 2.05) is 37.3 Å². The van der Waals surface area contributed by atoms with Gasteiger partial charge in [-0.15, -0.1) is 0 Å². The third kappa shape index (κ3) is 5.61. The lowest BCUT2D eigenvalue weighted by molar-refractivity contribution is -0.131. The van der Waals surface area contributed by atoms with E-state index < -0.39 is 5.97 Å². The second-order valence-electron chi connectivity index (χ2n) is 5.88. The predicted octanol–water partition coefficient (Wildman–Crippen LogP) is 4.62. The molecule has 4 heteroatoms. The molecule has 0 aromatic heterocycles. The van der Waals surface area contributed by atoms with Gasteiger partial charge in [-0.2, -0.15) is 0 Å². The molecule has 1 saturated carbocycles. The van der Waals surface area contributed by atoms with Gasteiger partial charge in [0.15, 0.2) is 11.5 Å². The van der Waals surface area contributed by atoms with Gasteiger partial charge in [0.1, 0.15) is 0 Å². The number of benzene rings is 1. The van der Waals surface area contributed by atoms with Crippen LogP contribution in [-0.2, 0) is 4.79 Å². The Hall–Kier alpha value is -2.49. The smallest absolute Gasteiger partial charge is 0.328 e. The molecule has 0 saturated heterocycles. The molecule has 0 amide bonds. The van der Waals surface area contributed by atoms with E-state index >= 15 is 0 Å². The highest BCUT2D eigenvalue weighted by atomic mass is 16.5. The van der Waals surface area contributed by atoms with Crippen molar-refractivity contribution in [3.05, 3.63) is 53.6 Å². The van der Waals surface area contributed by atoms with E-state index in [4.69, 9.17) is 14.6 Å². The molecule has 1 aliphatic rings. The number of allylic oxidation sites excluding steroid dienone is 4. The largest absolute Gasteiger partial charge is 0.493 e. The second kappa shape index (κ2) is 8.96. The van der Waals surface area contributed by atoms with Gasteiger partial charge in [-0.25, -0.2) is 4.79 Å². The summed E-state index contributed by atoms with van der Waals surface area (Å²) in [6.07, 6.45) is 13.1. The summed E-state index contributed by atoms with van der Waals surface area (Å²) in [5.41, 5.74) is 2.04. The summed E-state index contributed by atoms with van der Waals surface area (Å²) in [7, 11) is 1.65. The highest BCUT2D eigenvalue weighted by Gasteiger charge is 2.18. The molecule has 1 aromatic carbocycles. The predicted molar refractivity (Wildman–Crippen MR) is 95.4 cm³/mol. The van der Waals surface area contributed by atoms with E-state index in [0.717, 1.165) is 41.6 Å². The number of hydrogen-bond donors (Lipinski definition) is 1. The molecule has 1 aliphatic carbocycles. The molecule has 0 atom stereocenters. The number of hydrogen-bond acceptors (Lipinski definition) is 3. The van der Waals surface area contributed by atoms with Crippen LogP contribution in [0.3, 0.4) is 0 Å². The van der Waals surface area contributed by atoms with Crippen LogP contribution < -0.4 is 9.47 Å². The molecule has 1 aromatic rings. The van der Waals surface area contributed by atoms with Gasteiger partial charge in [0.2, 0.25) is 0 Å². The topological polar surface area (TPSA) is 55.8 Å². The minimum atomic E-state index is -0.954. The van der Waals surface area contributed by atoms with Crippen molar-refractivity contribution in [3.63, 3.8) is 0 Å². The molecule has 128 valence electrons. The van der Waals surface area contributed by atoms with Crippen LogP contribution in [-0.4, -0.2) is 24.3 Å². The lowest BCUT2D eigenvalue weighted by Crippen LogP contribution is -2.11. The molecule has 0 radical (unpaired) electrons. The Morgan fingerprint density at radius 1 is 1.17 bits per heavy atom. The quantitative estimate of drug-likeness (QED) is 0.586. The van der Waals surface area contributed by atoms with Crippen LogP contribution in [0.5, 0.6) is 11.5 Å². The summed E-state index contributed by atoms with van der Waals surface area (Å²) < 4.78 is 11.5. The van der Waals surface area contributed by atoms with Crippen LogP contribution in [0.4, 0.5) is 0 Å². The monoisotopic (exact) mass is 328 g/mol. The Morgan fingerprint density at radius 2 is 1.88 bits per heavy atom. The Kier molecular flexibility index (Phi) is 6.67. The van der Waals surface area contributed by atoms with E-state index in [1.54, 1.807) is 13.2 Å². The molecule has 24 heavy (non-hydrogen) atoms. The fourth-order valence-corrected chi connectivity index (χ4v) is 2.72. The van der Waals surface area contributed by atoms with Crippen molar-refractivity contribution in [1.29, 1.82) is 0 Å². The molecule has 0 unspecified atom stereocenters. The Bertz CT molecular complexity index is 650. The van der Waals surface area contributed by atoms with Gasteiger partial charge >= 0.3 is 5.97 Å². The average molecular weight is 328 g/mol. The fourth-order valence-electron chi connectivity index (χ4n) is 2.72. The molecule has 4 nitrogen and oxygen atoms in total. The van der Waals surface area contributed by atoms with Gasteiger partial charge in [0, 0.05) is 6.08 Å². The van der Waals surface area contributed by atoms with Crippen LogP contribution in [0.1, 0.15) is 38.2 Å². The molecule has 0 aliphatic heterocycles. The summed E-state index contributed by atoms with van der Waals surface area (Å²) in [5.74, 6) is 0.572. The number of rotatable bonds is 7. The van der Waals surface area contributed by atoms with Gasteiger partial charge in [-0.1, -0.05) is 35.9 Å². The van der Waals surface area contributed by atoms with Crippen LogP contribution >= 0.6 is 0 Å². The first kappa shape index (κ1) is 17.9. The van der Waals surface area contributed by atoms with Crippen molar-refractivity contribution < 1.29 is 19.4 Å². The summed E-state index contributed by atoms with van der Waals surface area (Å²) in [6.45, 7) is 1.97. The van der Waals surface area contributed by atoms with Crippen molar-refractivity contribution in [2.45, 2.75) is 38.7 Å². The van der Waals surface area contributed by atoms with Crippen LogP contribution in [0.15, 0.2) is 48.1 Å². The maximum atomic E-state index is 10.4. The number of carboxylic acid groups (broad SMARTS) is 1. The van der Waals surface area contributed by atoms with Gasteiger partial charge in [-0.05, 0) is 50.3 Å².